The number of likely N-dealkylation sites (tertiary alicyclic amines) is 1. The third-order valence-corrected chi connectivity index (χ3v) is 8.41. The number of ether oxygens (including phenoxy) is 1. The highest BCUT2D eigenvalue weighted by Gasteiger charge is 2.41. The average molecular weight is 495 g/mol. The summed E-state index contributed by atoms with van der Waals surface area (Å²) < 4.78 is 37.6. The van der Waals surface area contributed by atoms with Crippen LogP contribution in [0.5, 0.6) is 5.75 Å². The van der Waals surface area contributed by atoms with Gasteiger partial charge in [-0.2, -0.15) is 5.10 Å². The third kappa shape index (κ3) is 4.52. The van der Waals surface area contributed by atoms with E-state index in [0.717, 1.165) is 54.6 Å². The van der Waals surface area contributed by atoms with Crippen molar-refractivity contribution in [2.24, 2.45) is 5.92 Å². The molecule has 1 saturated heterocycles. The fourth-order valence-electron chi connectivity index (χ4n) is 6.23. The molecule has 7 heteroatoms. The number of unbranched alkanes of at least 4 members (excludes halogenated alkanes) is 2. The predicted molar refractivity (Wildman–Crippen MR) is 137 cm³/mol. The lowest BCUT2D eigenvalue weighted by molar-refractivity contribution is 0.0187. The Morgan fingerprint density at radius 2 is 1.89 bits per heavy atom. The smallest absolute Gasteiger partial charge is 0.133 e. The number of halogens is 2. The van der Waals surface area contributed by atoms with Crippen LogP contribution in [0.15, 0.2) is 30.5 Å². The number of likely N-dealkylation sites (N-methyl/N-ethyl adjacent to an activating group) is 1. The molecule has 3 aromatic rings. The number of hydrogen-bond donors (Lipinski definition) is 1. The number of aromatic nitrogens is 2. The van der Waals surface area contributed by atoms with Crippen LogP contribution in [0.25, 0.3) is 10.9 Å². The second-order valence-electron chi connectivity index (χ2n) is 11.1. The van der Waals surface area contributed by atoms with Crippen LogP contribution in [0, 0.1) is 17.6 Å². The van der Waals surface area contributed by atoms with E-state index in [4.69, 9.17) is 4.74 Å². The molecule has 36 heavy (non-hydrogen) atoms. The number of H-pyrrole nitrogens is 1. The summed E-state index contributed by atoms with van der Waals surface area (Å²) in [6, 6.07) is 6.88. The lowest BCUT2D eigenvalue weighted by Crippen LogP contribution is -2.53. The summed E-state index contributed by atoms with van der Waals surface area (Å²) in [6.07, 6.45) is 8.81. The summed E-state index contributed by atoms with van der Waals surface area (Å²) in [5.74, 6) is -0.454. The highest BCUT2D eigenvalue weighted by Crippen LogP contribution is 2.47. The summed E-state index contributed by atoms with van der Waals surface area (Å²) in [6.45, 7) is 5.65. The minimum atomic E-state index is -0.511. The largest absolute Gasteiger partial charge is 0.488 e. The topological polar surface area (TPSA) is 44.4 Å². The molecule has 3 heterocycles. The van der Waals surface area contributed by atoms with Gasteiger partial charge in [-0.1, -0.05) is 38.7 Å². The monoisotopic (exact) mass is 494 g/mol. The highest BCUT2D eigenvalue weighted by atomic mass is 19.1. The van der Waals surface area contributed by atoms with Gasteiger partial charge in [-0.15, -0.1) is 0 Å². The zero-order valence-corrected chi connectivity index (χ0v) is 21.3. The van der Waals surface area contributed by atoms with Crippen LogP contribution in [0.4, 0.5) is 8.78 Å². The molecule has 192 valence electrons. The van der Waals surface area contributed by atoms with E-state index in [-0.39, 0.29) is 23.6 Å². The van der Waals surface area contributed by atoms with E-state index in [0.29, 0.717) is 11.7 Å². The van der Waals surface area contributed by atoms with Crippen LogP contribution >= 0.6 is 0 Å². The summed E-state index contributed by atoms with van der Waals surface area (Å²) in [4.78, 5) is 4.62. The van der Waals surface area contributed by atoms with E-state index < -0.39 is 11.6 Å². The molecule has 1 aromatic heterocycles. The molecule has 5 nitrogen and oxygen atoms in total. The SMILES string of the molecule is CCCCCN1CC(Oc2cc(F)c([C@@H]3c4ccc5[nH]ncc5c4CN(C)[C@H]3CC3CC3)c(F)c2)C1. The first-order valence-electron chi connectivity index (χ1n) is 13.5. The van der Waals surface area contributed by atoms with Gasteiger partial charge >= 0.3 is 0 Å². The predicted octanol–water partition coefficient (Wildman–Crippen LogP) is 5.84. The molecule has 0 radical (unpaired) electrons. The molecule has 0 bridgehead atoms. The van der Waals surface area contributed by atoms with Crippen molar-refractivity contribution in [2.75, 3.05) is 26.7 Å². The van der Waals surface area contributed by atoms with E-state index in [2.05, 4.69) is 34.0 Å². The van der Waals surface area contributed by atoms with Crippen molar-refractivity contribution in [1.82, 2.24) is 20.0 Å². The fourth-order valence-corrected chi connectivity index (χ4v) is 6.23. The number of hydrogen-bond acceptors (Lipinski definition) is 4. The summed E-state index contributed by atoms with van der Waals surface area (Å²) in [5.41, 5.74) is 3.24. The van der Waals surface area contributed by atoms with Gasteiger partial charge in [0.1, 0.15) is 23.5 Å². The molecule has 6 rings (SSSR count). The van der Waals surface area contributed by atoms with Gasteiger partial charge < -0.3 is 4.74 Å². The van der Waals surface area contributed by atoms with E-state index in [1.807, 2.05) is 18.3 Å². The first kappa shape index (κ1) is 23.9. The van der Waals surface area contributed by atoms with Gasteiger partial charge in [0.15, 0.2) is 0 Å². The fraction of sp³-hybridized carbons (Fsp3) is 0.552. The van der Waals surface area contributed by atoms with Gasteiger partial charge in [0.25, 0.3) is 0 Å². The van der Waals surface area contributed by atoms with E-state index in [1.165, 1.54) is 44.2 Å². The van der Waals surface area contributed by atoms with Gasteiger partial charge in [-0.05, 0) is 49.5 Å². The van der Waals surface area contributed by atoms with Gasteiger partial charge in [0.05, 0.1) is 11.7 Å². The standard InChI is InChI=1S/C29H36F2N4O/c1-3-4-5-10-35-15-20(16-35)36-19-12-24(30)29(25(31)13-19)28-21-8-9-26-22(14-32-33-26)23(21)17-34(2)27(28)11-18-6-7-18/h8-9,12-14,18,20,27-28H,3-7,10-11,15-17H2,1-2H3,(H,32,33)/t27-,28+/m0/s1. The second kappa shape index (κ2) is 9.75. The van der Waals surface area contributed by atoms with Crippen LogP contribution in [0.2, 0.25) is 0 Å². The number of nitrogens with zero attached hydrogens (tertiary/aromatic N) is 3. The highest BCUT2D eigenvalue weighted by molar-refractivity contribution is 5.83. The molecule has 2 fully saturated rings. The van der Waals surface area contributed by atoms with Gasteiger partial charge in [-0.3, -0.25) is 14.9 Å². The summed E-state index contributed by atoms with van der Waals surface area (Å²) in [5, 5.41) is 8.28. The minimum absolute atomic E-state index is 0.00481. The molecule has 0 unspecified atom stereocenters. The average Bonchev–Trinajstić information content (AvgIpc) is 3.51. The quantitative estimate of drug-likeness (QED) is 0.380. The lowest BCUT2D eigenvalue weighted by Gasteiger charge is -2.42. The summed E-state index contributed by atoms with van der Waals surface area (Å²) >= 11 is 0. The van der Waals surface area contributed by atoms with Crippen LogP contribution in [0.3, 0.4) is 0 Å². The lowest BCUT2D eigenvalue weighted by atomic mass is 9.76. The Hall–Kier alpha value is -2.51. The zero-order valence-electron chi connectivity index (χ0n) is 21.3. The second-order valence-corrected chi connectivity index (χ2v) is 11.1. The van der Waals surface area contributed by atoms with Crippen LogP contribution < -0.4 is 4.74 Å². The van der Waals surface area contributed by atoms with Crippen LogP contribution in [0.1, 0.15) is 68.1 Å². The Bertz CT molecular complexity index is 1210. The van der Waals surface area contributed by atoms with E-state index in [1.54, 1.807) is 0 Å². The summed E-state index contributed by atoms with van der Waals surface area (Å²) in [7, 11) is 2.08. The van der Waals surface area contributed by atoms with Crippen molar-refractivity contribution in [2.45, 2.75) is 70.1 Å². The maximum absolute atomic E-state index is 15.8. The number of fused-ring (bicyclic) bond motifs is 3. The Balaban J connectivity index is 1.29. The molecule has 0 spiro atoms. The molecule has 0 amide bonds. The number of nitrogens with one attached hydrogen (secondary N) is 1. The van der Waals surface area contributed by atoms with Crippen LogP contribution in [-0.2, 0) is 6.54 Å². The Morgan fingerprint density at radius 1 is 1.11 bits per heavy atom. The molecule has 3 aliphatic rings. The van der Waals surface area contributed by atoms with Gasteiger partial charge in [0, 0.05) is 54.7 Å². The molecular formula is C29H36F2N4O. The van der Waals surface area contributed by atoms with E-state index >= 15 is 8.78 Å². The van der Waals surface area contributed by atoms with Crippen molar-refractivity contribution in [3.8, 4) is 5.75 Å². The number of aromatic amines is 1. The van der Waals surface area contributed by atoms with Crippen molar-refractivity contribution >= 4 is 10.9 Å². The number of benzene rings is 2. The first-order chi connectivity index (χ1) is 17.5. The zero-order chi connectivity index (χ0) is 24.8. The Morgan fingerprint density at radius 3 is 2.61 bits per heavy atom. The third-order valence-electron chi connectivity index (χ3n) is 8.41. The van der Waals surface area contributed by atoms with Crippen molar-refractivity contribution in [3.63, 3.8) is 0 Å². The molecule has 2 aliphatic heterocycles. The Kier molecular flexibility index (Phi) is 6.46. The van der Waals surface area contributed by atoms with E-state index in [9.17, 15) is 0 Å². The normalized spacial score (nSPS) is 23.1. The van der Waals surface area contributed by atoms with Crippen molar-refractivity contribution in [1.29, 1.82) is 0 Å². The minimum Gasteiger partial charge on any atom is -0.488 e. The molecule has 2 aromatic carbocycles. The van der Waals surface area contributed by atoms with Gasteiger partial charge in [0.2, 0.25) is 0 Å². The molecule has 1 saturated carbocycles. The Labute approximate surface area is 211 Å². The molecule has 1 N–H and O–H groups in total. The molecule has 2 atom stereocenters. The van der Waals surface area contributed by atoms with Crippen LogP contribution in [-0.4, -0.2) is 58.8 Å². The molecular weight excluding hydrogens is 458 g/mol. The maximum Gasteiger partial charge on any atom is 0.133 e. The maximum atomic E-state index is 15.8. The first-order valence-corrected chi connectivity index (χ1v) is 13.5. The number of rotatable bonds is 9. The molecule has 1 aliphatic carbocycles. The van der Waals surface area contributed by atoms with Gasteiger partial charge in [-0.25, -0.2) is 8.78 Å². The van der Waals surface area contributed by atoms with Crippen molar-refractivity contribution in [3.05, 3.63) is 58.8 Å². The van der Waals surface area contributed by atoms with Crippen molar-refractivity contribution < 1.29 is 13.5 Å².